The predicted molar refractivity (Wildman–Crippen MR) is 132 cm³/mol. The molecule has 9 heteroatoms. The zero-order valence-electron chi connectivity index (χ0n) is 18.8. The SMILES string of the molecule is COCC(C)Oc1cc(Oc2ccc(SC)cc2)cc(C(=O)Nc2nc3c(s2)CNCC3)c1. The van der Waals surface area contributed by atoms with Gasteiger partial charge in [0.25, 0.3) is 5.91 Å². The molecular formula is C24H27N3O4S2. The van der Waals surface area contributed by atoms with E-state index >= 15 is 0 Å². The standard InChI is InChI=1S/C24H27N3O4S2/c1-15(14-29-2)30-18-10-16(11-19(12-18)31-17-4-6-20(32-3)7-5-17)23(28)27-24-26-21-8-9-25-13-22(21)33-24/h4-7,10-12,15,25H,8-9,13-14H2,1-3H3,(H,26,27,28). The Morgan fingerprint density at radius 2 is 2.00 bits per heavy atom. The predicted octanol–water partition coefficient (Wildman–Crippen LogP) is 4.97. The monoisotopic (exact) mass is 485 g/mol. The largest absolute Gasteiger partial charge is 0.488 e. The first-order chi connectivity index (χ1) is 16.0. The molecule has 7 nitrogen and oxygen atoms in total. The van der Waals surface area contributed by atoms with Crippen LogP contribution in [0.5, 0.6) is 17.2 Å². The van der Waals surface area contributed by atoms with Crippen molar-refractivity contribution in [3.05, 3.63) is 58.6 Å². The molecule has 1 aromatic heterocycles. The summed E-state index contributed by atoms with van der Waals surface area (Å²) in [5, 5.41) is 6.86. The number of carbonyl (C=O) groups excluding carboxylic acids is 1. The molecule has 3 aromatic rings. The molecule has 1 aliphatic rings. The second-order valence-electron chi connectivity index (χ2n) is 7.62. The Morgan fingerprint density at radius 1 is 1.21 bits per heavy atom. The topological polar surface area (TPSA) is 81.7 Å². The molecule has 0 aliphatic carbocycles. The van der Waals surface area contributed by atoms with Crippen molar-refractivity contribution < 1.29 is 19.0 Å². The summed E-state index contributed by atoms with van der Waals surface area (Å²) < 4.78 is 17.2. The van der Waals surface area contributed by atoms with Gasteiger partial charge in [0.15, 0.2) is 5.13 Å². The number of aromatic nitrogens is 1. The molecule has 1 atom stereocenters. The molecule has 0 bridgehead atoms. The second kappa shape index (κ2) is 11.0. The second-order valence-corrected chi connectivity index (χ2v) is 9.59. The quantitative estimate of drug-likeness (QED) is 0.414. The third-order valence-corrected chi connectivity index (χ3v) is 6.76. The molecule has 2 heterocycles. The highest BCUT2D eigenvalue weighted by Gasteiger charge is 2.18. The number of amides is 1. The van der Waals surface area contributed by atoms with Crippen LogP contribution < -0.4 is 20.1 Å². The lowest BCUT2D eigenvalue weighted by Gasteiger charge is -2.16. The van der Waals surface area contributed by atoms with Crippen molar-refractivity contribution in [3.63, 3.8) is 0 Å². The van der Waals surface area contributed by atoms with E-state index in [4.69, 9.17) is 14.2 Å². The summed E-state index contributed by atoms with van der Waals surface area (Å²) >= 11 is 3.17. The number of carbonyl (C=O) groups is 1. The van der Waals surface area contributed by atoms with Gasteiger partial charge in [-0.3, -0.25) is 10.1 Å². The van der Waals surface area contributed by atoms with Gasteiger partial charge < -0.3 is 19.5 Å². The van der Waals surface area contributed by atoms with Gasteiger partial charge in [-0.2, -0.15) is 0 Å². The minimum Gasteiger partial charge on any atom is -0.488 e. The van der Waals surface area contributed by atoms with Crippen LogP contribution in [-0.2, 0) is 17.7 Å². The lowest BCUT2D eigenvalue weighted by molar-refractivity contribution is 0.0916. The summed E-state index contributed by atoms with van der Waals surface area (Å²) in [6.07, 6.45) is 2.72. The number of fused-ring (bicyclic) bond motifs is 1. The highest BCUT2D eigenvalue weighted by molar-refractivity contribution is 7.98. The third-order valence-electron chi connectivity index (χ3n) is 5.00. The van der Waals surface area contributed by atoms with Gasteiger partial charge in [0.2, 0.25) is 0 Å². The molecule has 4 rings (SSSR count). The number of hydrogen-bond acceptors (Lipinski definition) is 8. The number of hydrogen-bond donors (Lipinski definition) is 2. The summed E-state index contributed by atoms with van der Waals surface area (Å²) in [6.45, 7) is 4.03. The molecule has 1 unspecified atom stereocenters. The average molecular weight is 486 g/mol. The van der Waals surface area contributed by atoms with Crippen LogP contribution in [0.15, 0.2) is 47.4 Å². The zero-order chi connectivity index (χ0) is 23.2. The molecule has 33 heavy (non-hydrogen) atoms. The van der Waals surface area contributed by atoms with Crippen LogP contribution in [0.25, 0.3) is 0 Å². The van der Waals surface area contributed by atoms with Crippen LogP contribution in [0.2, 0.25) is 0 Å². The first kappa shape index (κ1) is 23.6. The Bertz CT molecular complexity index is 1080. The highest BCUT2D eigenvalue weighted by atomic mass is 32.2. The van der Waals surface area contributed by atoms with Gasteiger partial charge >= 0.3 is 0 Å². The first-order valence-corrected chi connectivity index (χ1v) is 12.7. The van der Waals surface area contributed by atoms with E-state index in [-0.39, 0.29) is 12.0 Å². The third kappa shape index (κ3) is 6.26. The highest BCUT2D eigenvalue weighted by Crippen LogP contribution is 2.31. The fraction of sp³-hybridized carbons (Fsp3) is 0.333. The number of benzene rings is 2. The summed E-state index contributed by atoms with van der Waals surface area (Å²) in [5.74, 6) is 1.47. The molecule has 0 spiro atoms. The van der Waals surface area contributed by atoms with Crippen molar-refractivity contribution in [1.29, 1.82) is 0 Å². The van der Waals surface area contributed by atoms with E-state index in [0.29, 0.717) is 34.6 Å². The molecule has 2 N–H and O–H groups in total. The Kier molecular flexibility index (Phi) is 7.87. The van der Waals surface area contributed by atoms with Crippen LogP contribution in [0.4, 0.5) is 5.13 Å². The number of anilines is 1. The average Bonchev–Trinajstić information content (AvgIpc) is 3.22. The number of ether oxygens (including phenoxy) is 3. The molecule has 0 radical (unpaired) electrons. The number of methoxy groups -OCH3 is 1. The normalized spacial score (nSPS) is 13.8. The fourth-order valence-corrected chi connectivity index (χ4v) is 4.84. The molecule has 1 aliphatic heterocycles. The van der Waals surface area contributed by atoms with E-state index < -0.39 is 0 Å². The summed E-state index contributed by atoms with van der Waals surface area (Å²) in [7, 11) is 1.62. The van der Waals surface area contributed by atoms with Crippen LogP contribution in [0.3, 0.4) is 0 Å². The number of nitrogens with one attached hydrogen (secondary N) is 2. The Hall–Kier alpha value is -2.59. The van der Waals surface area contributed by atoms with Crippen molar-refractivity contribution in [2.75, 3.05) is 31.8 Å². The van der Waals surface area contributed by atoms with Gasteiger partial charge in [0, 0.05) is 48.0 Å². The molecule has 0 saturated heterocycles. The molecule has 174 valence electrons. The maximum Gasteiger partial charge on any atom is 0.257 e. The van der Waals surface area contributed by atoms with Crippen LogP contribution in [0.1, 0.15) is 27.9 Å². The molecular weight excluding hydrogens is 458 g/mol. The van der Waals surface area contributed by atoms with Crippen molar-refractivity contribution in [3.8, 4) is 17.2 Å². The molecule has 2 aromatic carbocycles. The maximum absolute atomic E-state index is 13.1. The first-order valence-electron chi connectivity index (χ1n) is 10.7. The van der Waals surface area contributed by atoms with Crippen molar-refractivity contribution in [1.82, 2.24) is 10.3 Å². The summed E-state index contributed by atoms with van der Waals surface area (Å²) in [6, 6.07) is 13.0. The van der Waals surface area contributed by atoms with Gasteiger partial charge in [0.1, 0.15) is 23.4 Å². The van der Waals surface area contributed by atoms with Gasteiger partial charge in [-0.1, -0.05) is 0 Å². The number of thioether (sulfide) groups is 1. The van der Waals surface area contributed by atoms with Gasteiger partial charge in [0.05, 0.1) is 12.3 Å². The summed E-state index contributed by atoms with van der Waals surface area (Å²) in [5.41, 5.74) is 1.48. The van der Waals surface area contributed by atoms with Crippen LogP contribution >= 0.6 is 23.1 Å². The number of thiazole rings is 1. The molecule has 1 amide bonds. The van der Waals surface area contributed by atoms with Crippen molar-refractivity contribution in [2.45, 2.75) is 30.9 Å². The van der Waals surface area contributed by atoms with E-state index in [2.05, 4.69) is 15.6 Å². The Balaban J connectivity index is 1.57. The van der Waals surface area contributed by atoms with E-state index in [1.54, 1.807) is 37.1 Å². The van der Waals surface area contributed by atoms with Crippen molar-refractivity contribution >= 4 is 34.1 Å². The molecule has 0 fully saturated rings. The zero-order valence-corrected chi connectivity index (χ0v) is 20.5. The van der Waals surface area contributed by atoms with E-state index in [0.717, 1.165) is 30.1 Å². The lowest BCUT2D eigenvalue weighted by Crippen LogP contribution is -2.22. The minimum absolute atomic E-state index is 0.180. The fourth-order valence-electron chi connectivity index (χ4n) is 3.46. The van der Waals surface area contributed by atoms with Gasteiger partial charge in [-0.25, -0.2) is 4.98 Å². The maximum atomic E-state index is 13.1. The summed E-state index contributed by atoms with van der Waals surface area (Å²) in [4.78, 5) is 20.0. The lowest BCUT2D eigenvalue weighted by atomic mass is 10.2. The number of rotatable bonds is 9. The molecule has 0 saturated carbocycles. The van der Waals surface area contributed by atoms with Gasteiger partial charge in [-0.05, 0) is 49.6 Å². The van der Waals surface area contributed by atoms with Crippen molar-refractivity contribution in [2.24, 2.45) is 0 Å². The van der Waals surface area contributed by atoms with E-state index in [1.807, 2.05) is 37.4 Å². The Morgan fingerprint density at radius 3 is 2.73 bits per heavy atom. The van der Waals surface area contributed by atoms with E-state index in [9.17, 15) is 4.79 Å². The van der Waals surface area contributed by atoms with Gasteiger partial charge in [-0.15, -0.1) is 23.1 Å². The Labute approximate surface area is 201 Å². The number of nitrogens with zero attached hydrogens (tertiary/aromatic N) is 1. The van der Waals surface area contributed by atoms with E-state index in [1.165, 1.54) is 16.2 Å². The van der Waals surface area contributed by atoms with Crippen LogP contribution in [0, 0.1) is 0 Å². The van der Waals surface area contributed by atoms with Crippen LogP contribution in [-0.4, -0.2) is 43.5 Å². The smallest absolute Gasteiger partial charge is 0.257 e. The minimum atomic E-state index is -0.263.